The number of carbonyl (C=O) groups is 1. The Labute approximate surface area is 114 Å². The van der Waals surface area contributed by atoms with E-state index in [0.29, 0.717) is 6.42 Å². The van der Waals surface area contributed by atoms with Crippen molar-refractivity contribution in [1.29, 1.82) is 0 Å². The first-order valence-corrected chi connectivity index (χ1v) is 7.31. The highest BCUT2D eigenvalue weighted by Gasteiger charge is 2.09. The Hall–Kier alpha value is -1.00. The van der Waals surface area contributed by atoms with Crippen LogP contribution in [0.3, 0.4) is 0 Å². The quantitative estimate of drug-likeness (QED) is 0.608. The van der Waals surface area contributed by atoms with Gasteiger partial charge in [0.25, 0.3) is 0 Å². The molecule has 0 heterocycles. The lowest BCUT2D eigenvalue weighted by Gasteiger charge is -2.17. The van der Waals surface area contributed by atoms with Gasteiger partial charge in [-0.3, -0.25) is 4.79 Å². The predicted octanol–water partition coefficient (Wildman–Crippen LogP) is 2.76. The Morgan fingerprint density at radius 1 is 1.33 bits per heavy atom. The molecule has 0 aromatic heterocycles. The van der Waals surface area contributed by atoms with Gasteiger partial charge in [0.1, 0.15) is 0 Å². The highest BCUT2D eigenvalue weighted by atomic mass is 32.2. The summed E-state index contributed by atoms with van der Waals surface area (Å²) >= 11 is 1.81. The van der Waals surface area contributed by atoms with Gasteiger partial charge in [-0.2, -0.15) is 0 Å². The molecule has 1 rings (SSSR count). The molecular weight excluding hydrogens is 244 g/mol. The molecule has 18 heavy (non-hydrogen) atoms. The standard InChI is InChI=1S/C14H22N2OS/c1-4-18-13-9-7-12(8-10-13)16(3)14(17)6-5-11-15-2/h7-10,15H,4-6,11H2,1-3H3. The molecule has 1 amide bonds. The van der Waals surface area contributed by atoms with E-state index in [-0.39, 0.29) is 5.91 Å². The first kappa shape index (κ1) is 15.1. The van der Waals surface area contributed by atoms with E-state index in [1.165, 1.54) is 4.90 Å². The van der Waals surface area contributed by atoms with Gasteiger partial charge in [0.2, 0.25) is 5.91 Å². The molecule has 0 fully saturated rings. The van der Waals surface area contributed by atoms with Crippen molar-refractivity contribution in [2.45, 2.75) is 24.7 Å². The zero-order valence-corrected chi connectivity index (χ0v) is 12.2. The molecule has 0 spiro atoms. The minimum absolute atomic E-state index is 0.168. The van der Waals surface area contributed by atoms with Gasteiger partial charge in [0, 0.05) is 24.1 Å². The molecule has 0 saturated carbocycles. The Kier molecular flexibility index (Phi) is 6.83. The van der Waals surface area contributed by atoms with Gasteiger partial charge >= 0.3 is 0 Å². The van der Waals surface area contributed by atoms with E-state index < -0.39 is 0 Å². The molecule has 0 aliphatic rings. The van der Waals surface area contributed by atoms with Crippen LogP contribution in [0, 0.1) is 0 Å². The lowest BCUT2D eigenvalue weighted by molar-refractivity contribution is -0.118. The van der Waals surface area contributed by atoms with E-state index in [1.807, 2.05) is 38.0 Å². The number of nitrogens with one attached hydrogen (secondary N) is 1. The molecule has 3 nitrogen and oxygen atoms in total. The lowest BCUT2D eigenvalue weighted by atomic mass is 10.2. The highest BCUT2D eigenvalue weighted by Crippen LogP contribution is 2.21. The summed E-state index contributed by atoms with van der Waals surface area (Å²) in [5.41, 5.74) is 0.963. The Balaban J connectivity index is 2.54. The molecule has 0 aliphatic carbocycles. The second-order valence-electron chi connectivity index (χ2n) is 4.09. The first-order valence-electron chi connectivity index (χ1n) is 6.33. The third-order valence-electron chi connectivity index (χ3n) is 2.73. The van der Waals surface area contributed by atoms with E-state index in [4.69, 9.17) is 0 Å². The van der Waals surface area contributed by atoms with Crippen molar-refractivity contribution in [1.82, 2.24) is 5.32 Å². The zero-order chi connectivity index (χ0) is 13.4. The molecule has 0 radical (unpaired) electrons. The van der Waals surface area contributed by atoms with Crippen molar-refractivity contribution < 1.29 is 4.79 Å². The second kappa shape index (κ2) is 8.16. The van der Waals surface area contributed by atoms with Gasteiger partial charge in [-0.05, 0) is 50.0 Å². The third-order valence-corrected chi connectivity index (χ3v) is 3.62. The van der Waals surface area contributed by atoms with Gasteiger partial charge in [0.15, 0.2) is 0 Å². The molecule has 0 bridgehead atoms. The van der Waals surface area contributed by atoms with Crippen molar-refractivity contribution >= 4 is 23.4 Å². The highest BCUT2D eigenvalue weighted by molar-refractivity contribution is 7.99. The average molecular weight is 266 g/mol. The number of hydrogen-bond acceptors (Lipinski definition) is 3. The fraction of sp³-hybridized carbons (Fsp3) is 0.500. The number of benzene rings is 1. The third kappa shape index (κ3) is 4.70. The van der Waals surface area contributed by atoms with E-state index in [0.717, 1.165) is 24.4 Å². The topological polar surface area (TPSA) is 32.3 Å². The van der Waals surface area contributed by atoms with E-state index in [1.54, 1.807) is 4.90 Å². The first-order chi connectivity index (χ1) is 8.69. The van der Waals surface area contributed by atoms with E-state index >= 15 is 0 Å². The average Bonchev–Trinajstić information content (AvgIpc) is 2.39. The van der Waals surface area contributed by atoms with Crippen LogP contribution in [-0.2, 0) is 4.79 Å². The van der Waals surface area contributed by atoms with Crippen LogP contribution in [0.25, 0.3) is 0 Å². The van der Waals surface area contributed by atoms with Crippen LogP contribution in [-0.4, -0.2) is 32.3 Å². The normalized spacial score (nSPS) is 10.4. The number of nitrogens with zero attached hydrogens (tertiary/aromatic N) is 1. The van der Waals surface area contributed by atoms with Crippen LogP contribution in [0.4, 0.5) is 5.69 Å². The molecule has 1 aromatic carbocycles. The van der Waals surface area contributed by atoms with E-state index in [2.05, 4.69) is 24.4 Å². The monoisotopic (exact) mass is 266 g/mol. The van der Waals surface area contributed by atoms with Crippen LogP contribution >= 0.6 is 11.8 Å². The summed E-state index contributed by atoms with van der Waals surface area (Å²) in [4.78, 5) is 14.9. The summed E-state index contributed by atoms with van der Waals surface area (Å²) in [7, 11) is 3.74. The smallest absolute Gasteiger partial charge is 0.226 e. The fourth-order valence-electron chi connectivity index (χ4n) is 1.66. The second-order valence-corrected chi connectivity index (χ2v) is 5.42. The minimum Gasteiger partial charge on any atom is -0.320 e. The van der Waals surface area contributed by atoms with Gasteiger partial charge in [-0.1, -0.05) is 6.92 Å². The molecule has 0 saturated heterocycles. The summed E-state index contributed by atoms with van der Waals surface area (Å²) in [5, 5.41) is 3.05. The number of thioether (sulfide) groups is 1. The Bertz CT molecular complexity index is 365. The molecule has 0 atom stereocenters. The SMILES string of the molecule is CCSc1ccc(N(C)C(=O)CCCNC)cc1. The summed E-state index contributed by atoms with van der Waals surface area (Å²) in [6, 6.07) is 8.16. The lowest BCUT2D eigenvalue weighted by Crippen LogP contribution is -2.26. The van der Waals surface area contributed by atoms with Gasteiger partial charge in [-0.25, -0.2) is 0 Å². The number of amides is 1. The maximum Gasteiger partial charge on any atom is 0.226 e. The minimum atomic E-state index is 0.168. The molecule has 1 aromatic rings. The number of hydrogen-bond donors (Lipinski definition) is 1. The van der Waals surface area contributed by atoms with Crippen LogP contribution in [0.2, 0.25) is 0 Å². The number of rotatable bonds is 7. The fourth-order valence-corrected chi connectivity index (χ4v) is 2.32. The van der Waals surface area contributed by atoms with Crippen molar-refractivity contribution in [2.24, 2.45) is 0 Å². The van der Waals surface area contributed by atoms with Crippen molar-refractivity contribution in [2.75, 3.05) is 31.3 Å². The number of carbonyl (C=O) groups excluding carboxylic acids is 1. The van der Waals surface area contributed by atoms with Crippen LogP contribution in [0.1, 0.15) is 19.8 Å². The van der Waals surface area contributed by atoms with Crippen LogP contribution in [0.5, 0.6) is 0 Å². The van der Waals surface area contributed by atoms with Crippen molar-refractivity contribution in [3.8, 4) is 0 Å². The Morgan fingerprint density at radius 2 is 2.00 bits per heavy atom. The molecule has 0 unspecified atom stereocenters. The largest absolute Gasteiger partial charge is 0.320 e. The maximum absolute atomic E-state index is 11.9. The molecule has 100 valence electrons. The van der Waals surface area contributed by atoms with Gasteiger partial charge in [-0.15, -0.1) is 11.8 Å². The van der Waals surface area contributed by atoms with Crippen LogP contribution < -0.4 is 10.2 Å². The van der Waals surface area contributed by atoms with E-state index in [9.17, 15) is 4.79 Å². The Morgan fingerprint density at radius 3 is 2.56 bits per heavy atom. The summed E-state index contributed by atoms with van der Waals surface area (Å²) in [5.74, 6) is 1.24. The van der Waals surface area contributed by atoms with Gasteiger partial charge < -0.3 is 10.2 Å². The zero-order valence-electron chi connectivity index (χ0n) is 11.4. The molecule has 1 N–H and O–H groups in total. The predicted molar refractivity (Wildman–Crippen MR) is 79.4 cm³/mol. The van der Waals surface area contributed by atoms with Crippen molar-refractivity contribution in [3.63, 3.8) is 0 Å². The molecule has 0 aliphatic heterocycles. The molecular formula is C14H22N2OS. The summed E-state index contributed by atoms with van der Waals surface area (Å²) in [6.07, 6.45) is 1.46. The number of anilines is 1. The van der Waals surface area contributed by atoms with Gasteiger partial charge in [0.05, 0.1) is 0 Å². The van der Waals surface area contributed by atoms with Crippen molar-refractivity contribution in [3.05, 3.63) is 24.3 Å². The summed E-state index contributed by atoms with van der Waals surface area (Å²) < 4.78 is 0. The van der Waals surface area contributed by atoms with Crippen LogP contribution in [0.15, 0.2) is 29.2 Å². The maximum atomic E-state index is 11.9. The summed E-state index contributed by atoms with van der Waals surface area (Å²) in [6.45, 7) is 3.02. The molecule has 4 heteroatoms.